The molecule has 2 aromatic heterocycles. The number of rotatable bonds is 13. The first-order valence-electron chi connectivity index (χ1n) is 31.0. The Morgan fingerprint density at radius 2 is 0.756 bits per heavy atom. The third-order valence-corrected chi connectivity index (χ3v) is 28.4. The topological polar surface area (TPSA) is 118 Å². The standard InChI is InChI=1S/2C33H35NO5Si.C6H14/c2*1-31(2,3)40(23-15-8-6-9-16-23,24-17-10-7-11-18-24)36-21-27-29-33(39-32(4,5)38-29)28(37-27)26-20-22-14-12-13-19-25(22)34(26)30(33)35;1-3-5-6-4-2/h2*6-20,27-29H,21H2,1-5H3;3-6H2,1-2H3/t2*27-,28+,29-,33+;/m10./s1. The van der Waals surface area contributed by atoms with E-state index in [2.05, 4.69) is 152 Å². The second kappa shape index (κ2) is 22.5. The molecule has 0 radical (unpaired) electrons. The Hall–Kier alpha value is -6.15. The molecule has 0 bridgehead atoms. The molecule has 4 fully saturated rings. The number of ether oxygens (including phenoxy) is 6. The molecule has 0 N–H and O–H groups in total. The average Bonchev–Trinajstić information content (AvgIpc) is 1.53. The lowest BCUT2D eigenvalue weighted by Crippen LogP contribution is -2.67. The maximum Gasteiger partial charge on any atom is 0.269 e. The van der Waals surface area contributed by atoms with Crippen LogP contribution in [0.4, 0.5) is 0 Å². The van der Waals surface area contributed by atoms with E-state index in [9.17, 15) is 9.59 Å². The SMILES string of the molecule is CC1(C)O[C@@H]2[C@@H](CO[Si](c3ccccc3)(c3ccccc3)C(C)(C)C)O[C@H]3c4cc5ccccc5n4C(=O)[C@@]23O1.CC1(C)O[C@H]2[C@H](CO[Si](c3ccccc3)(c3ccccc3)C(C)(C)C)O[C@@H]3c4cc5ccccc5n4C(=O)[C@@]32O1.CCCCCC. The van der Waals surface area contributed by atoms with Crippen molar-refractivity contribution in [1.82, 2.24) is 9.13 Å². The molecule has 0 aliphatic carbocycles. The molecule has 8 aromatic rings. The summed E-state index contributed by atoms with van der Waals surface area (Å²) < 4.78 is 57.5. The molecule has 0 amide bonds. The van der Waals surface area contributed by atoms with Gasteiger partial charge in [0.2, 0.25) is 11.2 Å². The summed E-state index contributed by atoms with van der Waals surface area (Å²) in [5.41, 5.74) is 0.852. The van der Waals surface area contributed by atoms with E-state index in [1.807, 2.05) is 113 Å². The van der Waals surface area contributed by atoms with E-state index in [0.717, 1.165) is 33.2 Å². The van der Waals surface area contributed by atoms with Crippen LogP contribution in [0.2, 0.25) is 10.1 Å². The maximum absolute atomic E-state index is 14.2. The first kappa shape index (κ1) is 60.2. The number of unbranched alkanes of at least 4 members (excludes halogenated alkanes) is 3. The molecule has 6 aliphatic heterocycles. The average molecular weight is 1190 g/mol. The van der Waals surface area contributed by atoms with Crippen LogP contribution in [0.25, 0.3) is 21.8 Å². The fraction of sp³-hybridized carbons (Fsp3) is 0.417. The van der Waals surface area contributed by atoms with Gasteiger partial charge in [0.25, 0.3) is 28.4 Å². The third-order valence-electron chi connectivity index (χ3n) is 18.4. The van der Waals surface area contributed by atoms with Crippen LogP contribution in [0.3, 0.4) is 0 Å². The Kier molecular flexibility index (Phi) is 15.7. The van der Waals surface area contributed by atoms with E-state index in [-0.39, 0.29) is 35.1 Å². The molecule has 4 saturated heterocycles. The zero-order chi connectivity index (χ0) is 60.7. The van der Waals surface area contributed by atoms with Crippen LogP contribution in [-0.2, 0) is 37.3 Å². The summed E-state index contributed by atoms with van der Waals surface area (Å²) in [7, 11) is -5.63. The van der Waals surface area contributed by atoms with E-state index in [0.29, 0.717) is 0 Å². The molecule has 14 rings (SSSR count). The maximum atomic E-state index is 14.2. The molecule has 0 unspecified atom stereocenters. The number of hydrogen-bond donors (Lipinski definition) is 0. The molecule has 14 heteroatoms. The van der Waals surface area contributed by atoms with Gasteiger partial charge in [0.15, 0.2) is 11.6 Å². The van der Waals surface area contributed by atoms with Crippen LogP contribution in [0.5, 0.6) is 0 Å². The highest BCUT2D eigenvalue weighted by atomic mass is 28.4. The molecule has 6 aromatic carbocycles. The number of aromatic nitrogens is 2. The van der Waals surface area contributed by atoms with Crippen molar-refractivity contribution in [2.45, 2.75) is 178 Å². The van der Waals surface area contributed by atoms with Crippen molar-refractivity contribution in [1.29, 1.82) is 0 Å². The van der Waals surface area contributed by atoms with Gasteiger partial charge in [-0.25, -0.2) is 0 Å². The van der Waals surface area contributed by atoms with Crippen LogP contribution in [-0.4, -0.2) is 98.0 Å². The number of para-hydroxylation sites is 2. The minimum absolute atomic E-state index is 0.128. The number of benzene rings is 6. The van der Waals surface area contributed by atoms with E-state index >= 15 is 0 Å². The molecule has 450 valence electrons. The molecular weight excluding hydrogens is 1110 g/mol. The number of fused-ring (bicyclic) bond motifs is 8. The normalized spacial score (nSPS) is 25.9. The Labute approximate surface area is 509 Å². The largest absolute Gasteiger partial charge is 0.405 e. The highest BCUT2D eigenvalue weighted by molar-refractivity contribution is 7.00. The number of hydrogen-bond acceptors (Lipinski definition) is 10. The lowest BCUT2D eigenvalue weighted by atomic mass is 9.91. The summed E-state index contributed by atoms with van der Waals surface area (Å²) in [6.07, 6.45) is 2.22. The molecule has 12 nitrogen and oxygen atoms in total. The zero-order valence-corrected chi connectivity index (χ0v) is 54.0. The van der Waals surface area contributed by atoms with Crippen LogP contribution in [0, 0.1) is 0 Å². The second-order valence-corrected chi connectivity index (χ2v) is 35.6. The van der Waals surface area contributed by atoms with E-state index in [1.165, 1.54) is 46.4 Å². The molecular formula is C72H84N2O10Si2. The molecule has 8 heterocycles. The minimum Gasteiger partial charge on any atom is -0.405 e. The Morgan fingerprint density at radius 3 is 1.06 bits per heavy atom. The smallest absolute Gasteiger partial charge is 0.269 e. The Balaban J connectivity index is 0.000000154. The highest BCUT2D eigenvalue weighted by Crippen LogP contribution is 2.60. The third kappa shape index (κ3) is 9.60. The van der Waals surface area contributed by atoms with Crippen molar-refractivity contribution in [2.75, 3.05) is 13.2 Å². The van der Waals surface area contributed by atoms with Crippen LogP contribution >= 0.6 is 0 Å². The first-order chi connectivity index (χ1) is 41.1. The lowest BCUT2D eigenvalue weighted by molar-refractivity contribution is -0.199. The van der Waals surface area contributed by atoms with Crippen molar-refractivity contribution in [2.24, 2.45) is 0 Å². The van der Waals surface area contributed by atoms with Gasteiger partial charge in [-0.15, -0.1) is 0 Å². The predicted octanol–water partition coefficient (Wildman–Crippen LogP) is 13.0. The van der Waals surface area contributed by atoms with Crippen molar-refractivity contribution in [3.63, 3.8) is 0 Å². The van der Waals surface area contributed by atoms with Gasteiger partial charge in [-0.3, -0.25) is 18.7 Å². The summed E-state index contributed by atoms with van der Waals surface area (Å²) in [6.45, 7) is 26.0. The van der Waals surface area contributed by atoms with E-state index in [1.54, 1.807) is 9.13 Å². The zero-order valence-electron chi connectivity index (χ0n) is 52.0. The highest BCUT2D eigenvalue weighted by Gasteiger charge is 2.76. The van der Waals surface area contributed by atoms with Gasteiger partial charge in [-0.2, -0.15) is 0 Å². The molecule has 2 spiro atoms. The van der Waals surface area contributed by atoms with Gasteiger partial charge in [-0.1, -0.05) is 239 Å². The fourth-order valence-electron chi connectivity index (χ4n) is 14.9. The molecule has 8 atom stereocenters. The van der Waals surface area contributed by atoms with Crippen LogP contribution < -0.4 is 20.7 Å². The summed E-state index contributed by atoms with van der Waals surface area (Å²) in [4.78, 5) is 28.5. The lowest BCUT2D eigenvalue weighted by Gasteiger charge is -2.43. The predicted molar refractivity (Wildman–Crippen MR) is 343 cm³/mol. The summed E-state index contributed by atoms with van der Waals surface area (Å²) in [5, 5.41) is 6.43. The number of nitrogens with zero attached hydrogens (tertiary/aromatic N) is 2. The van der Waals surface area contributed by atoms with E-state index < -0.39 is 76.0 Å². The van der Waals surface area contributed by atoms with E-state index in [4.69, 9.17) is 37.3 Å². The van der Waals surface area contributed by atoms with Crippen molar-refractivity contribution in [3.8, 4) is 0 Å². The Bertz CT molecular complexity index is 3420. The van der Waals surface area contributed by atoms with Crippen LogP contribution in [0.15, 0.2) is 182 Å². The minimum atomic E-state index is -2.82. The summed E-state index contributed by atoms with van der Waals surface area (Å²) in [6, 6.07) is 62.1. The van der Waals surface area contributed by atoms with Gasteiger partial charge in [-0.05, 0) is 82.8 Å². The molecule has 6 aliphatic rings. The van der Waals surface area contributed by atoms with Gasteiger partial charge >= 0.3 is 0 Å². The van der Waals surface area contributed by atoms with Crippen molar-refractivity contribution in [3.05, 3.63) is 193 Å². The first-order valence-corrected chi connectivity index (χ1v) is 34.8. The summed E-state index contributed by atoms with van der Waals surface area (Å²) in [5.74, 6) is -2.12. The Morgan fingerprint density at radius 1 is 0.453 bits per heavy atom. The number of carbonyl (C=O) groups excluding carboxylic acids is 2. The van der Waals surface area contributed by atoms with Gasteiger partial charge in [0, 0.05) is 10.8 Å². The van der Waals surface area contributed by atoms with Crippen LogP contribution in [0.1, 0.15) is 142 Å². The van der Waals surface area contributed by atoms with Crippen molar-refractivity contribution < 1.29 is 46.9 Å². The monoisotopic (exact) mass is 1190 g/mol. The molecule has 86 heavy (non-hydrogen) atoms. The summed E-state index contributed by atoms with van der Waals surface area (Å²) >= 11 is 0. The fourth-order valence-corrected chi connectivity index (χ4v) is 24.1. The second-order valence-electron chi connectivity index (χ2n) is 27.0. The number of carbonyl (C=O) groups is 2. The quantitative estimate of drug-likeness (QED) is 0.0816. The molecule has 0 saturated carbocycles. The van der Waals surface area contributed by atoms with Gasteiger partial charge in [0.05, 0.1) is 35.6 Å². The van der Waals surface area contributed by atoms with Gasteiger partial charge < -0.3 is 37.3 Å². The van der Waals surface area contributed by atoms with Gasteiger partial charge in [0.1, 0.15) is 36.6 Å². The van der Waals surface area contributed by atoms with Crippen molar-refractivity contribution >= 4 is 71.0 Å².